The fourth-order valence-corrected chi connectivity index (χ4v) is 3.14. The number of carbonyl (C=O) groups is 1. The number of H-pyrrole nitrogens is 1. The lowest BCUT2D eigenvalue weighted by Gasteiger charge is -2.06. The summed E-state index contributed by atoms with van der Waals surface area (Å²) in [6.07, 6.45) is 0.0714. The van der Waals surface area contributed by atoms with Crippen LogP contribution in [0, 0.1) is 0 Å². The first-order valence-electron chi connectivity index (χ1n) is 7.91. The van der Waals surface area contributed by atoms with Crippen molar-refractivity contribution in [3.8, 4) is 5.75 Å². The minimum absolute atomic E-state index is 0.0300. The topological polar surface area (TPSA) is 110 Å². The Morgan fingerprint density at radius 3 is 2.69 bits per heavy atom. The lowest BCUT2D eigenvalue weighted by molar-refractivity contribution is 0.161. The summed E-state index contributed by atoms with van der Waals surface area (Å²) >= 11 is 0. The molecule has 1 amide bonds. The Bertz CT molecular complexity index is 1020. The quantitative estimate of drug-likeness (QED) is 0.640. The van der Waals surface area contributed by atoms with Gasteiger partial charge in [0.1, 0.15) is 10.6 Å². The molecule has 136 valence electrons. The van der Waals surface area contributed by atoms with E-state index >= 15 is 0 Å². The van der Waals surface area contributed by atoms with Gasteiger partial charge in [-0.3, -0.25) is 5.32 Å². The van der Waals surface area contributed by atoms with E-state index in [1.165, 1.54) is 18.2 Å². The van der Waals surface area contributed by atoms with E-state index in [4.69, 9.17) is 8.92 Å². The molecule has 9 heteroatoms. The van der Waals surface area contributed by atoms with Crippen molar-refractivity contribution < 1.29 is 22.1 Å². The second-order valence-electron chi connectivity index (χ2n) is 5.38. The zero-order valence-electron chi connectivity index (χ0n) is 13.9. The first-order valence-corrected chi connectivity index (χ1v) is 9.32. The van der Waals surface area contributed by atoms with E-state index in [0.29, 0.717) is 24.1 Å². The van der Waals surface area contributed by atoms with E-state index in [1.54, 1.807) is 30.3 Å². The first kappa shape index (κ1) is 17.7. The van der Waals surface area contributed by atoms with Gasteiger partial charge in [0.15, 0.2) is 0 Å². The molecule has 8 nitrogen and oxygen atoms in total. The molecule has 1 aromatic heterocycles. The van der Waals surface area contributed by atoms with Gasteiger partial charge >= 0.3 is 16.2 Å². The smallest absolute Gasteiger partial charge is 0.413 e. The molecule has 1 heterocycles. The standard InChI is InChI=1S/C17H17N3O5S/c1-2-10-24-17(21)20-16-18-14-9-8-13(11-15(14)19-16)26(22,23)25-12-6-4-3-5-7-12/h3-9,11H,2,10H2,1H3,(H2,18,19,20,21). The number of aromatic amines is 1. The summed E-state index contributed by atoms with van der Waals surface area (Å²) in [4.78, 5) is 18.5. The molecule has 0 aliphatic heterocycles. The number of benzene rings is 2. The van der Waals surface area contributed by atoms with Crippen molar-refractivity contribution in [2.75, 3.05) is 11.9 Å². The average molecular weight is 375 g/mol. The van der Waals surface area contributed by atoms with Gasteiger partial charge in [-0.15, -0.1) is 0 Å². The Morgan fingerprint density at radius 1 is 1.19 bits per heavy atom. The normalized spacial score (nSPS) is 11.3. The van der Waals surface area contributed by atoms with Gasteiger partial charge < -0.3 is 13.9 Å². The number of imidazole rings is 1. The average Bonchev–Trinajstić information content (AvgIpc) is 3.01. The third kappa shape index (κ3) is 4.12. The number of para-hydroxylation sites is 1. The highest BCUT2D eigenvalue weighted by Crippen LogP contribution is 2.22. The van der Waals surface area contributed by atoms with Crippen LogP contribution in [0.3, 0.4) is 0 Å². The molecule has 0 radical (unpaired) electrons. The number of aromatic nitrogens is 2. The molecule has 0 atom stereocenters. The Labute approximate surface area is 150 Å². The zero-order valence-corrected chi connectivity index (χ0v) is 14.7. The number of fused-ring (bicyclic) bond motifs is 1. The summed E-state index contributed by atoms with van der Waals surface area (Å²) in [5.41, 5.74) is 0.933. The van der Waals surface area contributed by atoms with Crippen molar-refractivity contribution in [3.05, 3.63) is 48.5 Å². The Kier molecular flexibility index (Phi) is 5.08. The molecule has 0 aliphatic carbocycles. The largest absolute Gasteiger partial charge is 0.449 e. The maximum Gasteiger partial charge on any atom is 0.413 e. The predicted molar refractivity (Wildman–Crippen MR) is 95.6 cm³/mol. The molecule has 0 bridgehead atoms. The first-order chi connectivity index (χ1) is 12.5. The van der Waals surface area contributed by atoms with E-state index in [-0.39, 0.29) is 16.6 Å². The van der Waals surface area contributed by atoms with Gasteiger partial charge in [0, 0.05) is 0 Å². The summed E-state index contributed by atoms with van der Waals surface area (Å²) in [5.74, 6) is 0.387. The van der Waals surface area contributed by atoms with Crippen LogP contribution in [0.2, 0.25) is 0 Å². The Hall–Kier alpha value is -3.07. The number of carbonyl (C=O) groups excluding carboxylic acids is 1. The van der Waals surface area contributed by atoms with Gasteiger partial charge in [0.2, 0.25) is 5.95 Å². The molecule has 26 heavy (non-hydrogen) atoms. The number of amides is 1. The number of ether oxygens (including phenoxy) is 1. The van der Waals surface area contributed by atoms with Crippen LogP contribution in [0.5, 0.6) is 5.75 Å². The van der Waals surface area contributed by atoms with Crippen LogP contribution in [-0.2, 0) is 14.9 Å². The molecular weight excluding hydrogens is 358 g/mol. The summed E-state index contributed by atoms with van der Waals surface area (Å²) in [6, 6.07) is 12.5. The van der Waals surface area contributed by atoms with Crippen LogP contribution >= 0.6 is 0 Å². The minimum Gasteiger partial charge on any atom is -0.449 e. The number of nitrogens with zero attached hydrogens (tertiary/aromatic N) is 1. The maximum atomic E-state index is 12.4. The van der Waals surface area contributed by atoms with Crippen LogP contribution in [0.1, 0.15) is 13.3 Å². The molecule has 0 fully saturated rings. The number of hydrogen-bond donors (Lipinski definition) is 2. The molecule has 2 N–H and O–H groups in total. The highest BCUT2D eigenvalue weighted by molar-refractivity contribution is 7.87. The van der Waals surface area contributed by atoms with Crippen molar-refractivity contribution in [1.29, 1.82) is 0 Å². The fourth-order valence-electron chi connectivity index (χ4n) is 2.18. The van der Waals surface area contributed by atoms with Gasteiger partial charge in [-0.25, -0.2) is 9.78 Å². The molecule has 0 saturated carbocycles. The number of hydrogen-bond acceptors (Lipinski definition) is 6. The lowest BCUT2D eigenvalue weighted by atomic mass is 10.3. The predicted octanol–water partition coefficient (Wildman–Crippen LogP) is 3.29. The van der Waals surface area contributed by atoms with Gasteiger partial charge in [-0.05, 0) is 36.8 Å². The van der Waals surface area contributed by atoms with E-state index in [2.05, 4.69) is 15.3 Å². The SMILES string of the molecule is CCCOC(=O)Nc1nc2ccc(S(=O)(=O)Oc3ccccc3)cc2[nH]1. The number of nitrogens with one attached hydrogen (secondary N) is 2. The molecule has 0 saturated heterocycles. The van der Waals surface area contributed by atoms with Crippen LogP contribution in [0.15, 0.2) is 53.4 Å². The molecule has 3 rings (SSSR count). The summed E-state index contributed by atoms with van der Waals surface area (Å²) in [7, 11) is -3.99. The highest BCUT2D eigenvalue weighted by Gasteiger charge is 2.18. The van der Waals surface area contributed by atoms with Crippen LogP contribution < -0.4 is 9.50 Å². The van der Waals surface area contributed by atoms with Crippen molar-refractivity contribution in [1.82, 2.24) is 9.97 Å². The Balaban J connectivity index is 1.81. The molecular formula is C17H17N3O5S. The monoisotopic (exact) mass is 375 g/mol. The van der Waals surface area contributed by atoms with Gasteiger partial charge in [-0.2, -0.15) is 8.42 Å². The molecule has 0 spiro atoms. The summed E-state index contributed by atoms with van der Waals surface area (Å²) < 4.78 is 34.8. The fraction of sp³-hybridized carbons (Fsp3) is 0.176. The Morgan fingerprint density at radius 2 is 1.96 bits per heavy atom. The van der Waals surface area contributed by atoms with Crippen molar-refractivity contribution in [2.45, 2.75) is 18.2 Å². The molecule has 3 aromatic rings. The number of anilines is 1. The van der Waals surface area contributed by atoms with Crippen LogP contribution in [0.25, 0.3) is 11.0 Å². The van der Waals surface area contributed by atoms with Crippen molar-refractivity contribution in [3.63, 3.8) is 0 Å². The minimum atomic E-state index is -3.99. The van der Waals surface area contributed by atoms with E-state index in [1.807, 2.05) is 6.92 Å². The zero-order chi connectivity index (χ0) is 18.6. The highest BCUT2D eigenvalue weighted by atomic mass is 32.2. The van der Waals surface area contributed by atoms with Crippen molar-refractivity contribution in [2.24, 2.45) is 0 Å². The van der Waals surface area contributed by atoms with Gasteiger partial charge in [0.25, 0.3) is 0 Å². The van der Waals surface area contributed by atoms with E-state index in [9.17, 15) is 13.2 Å². The lowest BCUT2D eigenvalue weighted by Crippen LogP contribution is -2.14. The summed E-state index contributed by atoms with van der Waals surface area (Å²) in [5, 5.41) is 2.46. The van der Waals surface area contributed by atoms with E-state index < -0.39 is 16.2 Å². The molecule has 0 unspecified atom stereocenters. The molecule has 2 aromatic carbocycles. The maximum absolute atomic E-state index is 12.4. The van der Waals surface area contributed by atoms with Crippen LogP contribution in [0.4, 0.5) is 10.7 Å². The second-order valence-corrected chi connectivity index (χ2v) is 6.92. The third-order valence-electron chi connectivity index (χ3n) is 3.35. The molecule has 0 aliphatic rings. The van der Waals surface area contributed by atoms with Crippen LogP contribution in [-0.4, -0.2) is 31.1 Å². The van der Waals surface area contributed by atoms with Gasteiger partial charge in [0.05, 0.1) is 17.6 Å². The third-order valence-corrected chi connectivity index (χ3v) is 4.59. The number of rotatable bonds is 6. The van der Waals surface area contributed by atoms with Crippen molar-refractivity contribution >= 4 is 33.2 Å². The van der Waals surface area contributed by atoms with E-state index in [0.717, 1.165) is 0 Å². The second kappa shape index (κ2) is 7.44. The van der Waals surface area contributed by atoms with Gasteiger partial charge in [-0.1, -0.05) is 25.1 Å². The summed E-state index contributed by atoms with van der Waals surface area (Å²) in [6.45, 7) is 2.18.